The van der Waals surface area contributed by atoms with E-state index in [-0.39, 0.29) is 0 Å². The van der Waals surface area contributed by atoms with Crippen LogP contribution in [-0.2, 0) is 0 Å². The first-order valence-electron chi connectivity index (χ1n) is 3.40. The van der Waals surface area contributed by atoms with E-state index < -0.39 is 0 Å². The molecule has 2 rings (SSSR count). The van der Waals surface area contributed by atoms with Crippen LogP contribution < -0.4 is 4.74 Å². The Balaban J connectivity index is 2.83. The molecule has 62 valence electrons. The lowest BCUT2D eigenvalue weighted by molar-refractivity contribution is 0.418. The summed E-state index contributed by atoms with van der Waals surface area (Å²) in [5.74, 6) is 0.870. The molecule has 0 bridgehead atoms. The van der Waals surface area contributed by atoms with Crippen molar-refractivity contribution in [2.45, 2.75) is 0 Å². The molecule has 1 heterocycles. The van der Waals surface area contributed by atoms with Gasteiger partial charge in [-0.3, -0.25) is 0 Å². The lowest BCUT2D eigenvalue weighted by atomic mass is 10.3. The largest absolute Gasteiger partial charge is 0.494 e. The molecule has 0 saturated carbocycles. The van der Waals surface area contributed by atoms with Crippen LogP contribution in [0.3, 0.4) is 0 Å². The molecule has 12 heavy (non-hydrogen) atoms. The van der Waals surface area contributed by atoms with Crippen molar-refractivity contribution in [3.8, 4) is 5.75 Å². The monoisotopic (exact) mass is 243 g/mol. The van der Waals surface area contributed by atoms with E-state index in [2.05, 4.69) is 20.3 Å². The molecule has 0 atom stereocenters. The molecule has 0 radical (unpaired) electrons. The van der Waals surface area contributed by atoms with Crippen LogP contribution >= 0.6 is 27.5 Å². The van der Waals surface area contributed by atoms with Gasteiger partial charge in [-0.2, -0.15) is 4.37 Å². The van der Waals surface area contributed by atoms with E-state index in [1.165, 1.54) is 11.5 Å². The molecular weight excluding hydrogens is 238 g/mol. The lowest BCUT2D eigenvalue weighted by Crippen LogP contribution is -1.83. The normalized spacial score (nSPS) is 10.5. The Bertz CT molecular complexity index is 412. The molecule has 0 amide bonds. The SMILES string of the molecule is COc1c(Br)ccc2cnsc12. The van der Waals surface area contributed by atoms with Crippen LogP contribution in [0.4, 0.5) is 0 Å². The van der Waals surface area contributed by atoms with Crippen molar-refractivity contribution in [2.75, 3.05) is 7.11 Å². The molecule has 0 spiro atoms. The Kier molecular flexibility index (Phi) is 2.02. The third-order valence-corrected chi connectivity index (χ3v) is 3.07. The van der Waals surface area contributed by atoms with Crippen molar-refractivity contribution in [1.82, 2.24) is 4.37 Å². The molecular formula is C8H6BrNOS. The number of ether oxygens (including phenoxy) is 1. The number of hydrogen-bond acceptors (Lipinski definition) is 3. The molecule has 1 aromatic carbocycles. The van der Waals surface area contributed by atoms with Gasteiger partial charge in [0.25, 0.3) is 0 Å². The number of methoxy groups -OCH3 is 1. The Morgan fingerprint density at radius 3 is 3.08 bits per heavy atom. The molecule has 0 saturated heterocycles. The number of aromatic nitrogens is 1. The van der Waals surface area contributed by atoms with Crippen LogP contribution in [-0.4, -0.2) is 11.5 Å². The van der Waals surface area contributed by atoms with E-state index in [4.69, 9.17) is 4.74 Å². The van der Waals surface area contributed by atoms with E-state index in [1.54, 1.807) is 7.11 Å². The second-order valence-corrected chi connectivity index (χ2v) is 3.98. The molecule has 1 aromatic heterocycles. The molecule has 2 nitrogen and oxygen atoms in total. The molecule has 0 fully saturated rings. The van der Waals surface area contributed by atoms with E-state index in [1.807, 2.05) is 18.3 Å². The highest BCUT2D eigenvalue weighted by molar-refractivity contribution is 9.10. The molecule has 0 aliphatic heterocycles. The first-order chi connectivity index (χ1) is 5.83. The summed E-state index contributed by atoms with van der Waals surface area (Å²) >= 11 is 4.86. The zero-order valence-corrected chi connectivity index (χ0v) is 8.78. The summed E-state index contributed by atoms with van der Waals surface area (Å²) in [7, 11) is 1.67. The summed E-state index contributed by atoms with van der Waals surface area (Å²) in [5, 5.41) is 1.13. The van der Waals surface area contributed by atoms with Gasteiger partial charge in [-0.15, -0.1) is 0 Å². The van der Waals surface area contributed by atoms with Crippen molar-refractivity contribution in [3.05, 3.63) is 22.8 Å². The topological polar surface area (TPSA) is 22.1 Å². The highest BCUT2D eigenvalue weighted by Crippen LogP contribution is 2.35. The summed E-state index contributed by atoms with van der Waals surface area (Å²) in [6, 6.07) is 3.99. The van der Waals surface area contributed by atoms with Gasteiger partial charge in [-0.25, -0.2) is 0 Å². The van der Waals surface area contributed by atoms with Gasteiger partial charge in [0.15, 0.2) is 5.75 Å². The van der Waals surface area contributed by atoms with E-state index in [0.717, 1.165) is 20.3 Å². The quantitative estimate of drug-likeness (QED) is 0.769. The van der Waals surface area contributed by atoms with Gasteiger partial charge in [0, 0.05) is 11.6 Å². The molecule has 2 aromatic rings. The Morgan fingerprint density at radius 1 is 1.50 bits per heavy atom. The standard InChI is InChI=1S/C8H6BrNOS/c1-11-7-6(9)3-2-5-4-10-12-8(5)7/h2-4H,1H3. The Hall–Kier alpha value is -0.610. The first kappa shape index (κ1) is 8.01. The van der Waals surface area contributed by atoms with Gasteiger partial charge >= 0.3 is 0 Å². The second kappa shape index (κ2) is 3.03. The number of nitrogens with zero attached hydrogens (tertiary/aromatic N) is 1. The fraction of sp³-hybridized carbons (Fsp3) is 0.125. The van der Waals surface area contributed by atoms with Crippen molar-refractivity contribution < 1.29 is 4.74 Å². The first-order valence-corrected chi connectivity index (χ1v) is 4.96. The van der Waals surface area contributed by atoms with Gasteiger partial charge in [0.2, 0.25) is 0 Å². The fourth-order valence-corrected chi connectivity index (χ4v) is 2.47. The predicted octanol–water partition coefficient (Wildman–Crippen LogP) is 3.07. The van der Waals surface area contributed by atoms with Crippen molar-refractivity contribution in [2.24, 2.45) is 0 Å². The maximum Gasteiger partial charge on any atom is 0.152 e. The van der Waals surface area contributed by atoms with Crippen molar-refractivity contribution in [1.29, 1.82) is 0 Å². The van der Waals surface area contributed by atoms with Crippen molar-refractivity contribution >= 4 is 37.5 Å². The van der Waals surface area contributed by atoms with Crippen LogP contribution in [0.15, 0.2) is 22.8 Å². The van der Waals surface area contributed by atoms with Crippen LogP contribution in [0.25, 0.3) is 10.1 Å². The van der Waals surface area contributed by atoms with Crippen molar-refractivity contribution in [3.63, 3.8) is 0 Å². The minimum Gasteiger partial charge on any atom is -0.494 e. The second-order valence-electron chi connectivity index (χ2n) is 2.32. The Morgan fingerprint density at radius 2 is 2.33 bits per heavy atom. The van der Waals surface area contributed by atoms with E-state index >= 15 is 0 Å². The summed E-state index contributed by atoms with van der Waals surface area (Å²) in [6.45, 7) is 0. The molecule has 0 N–H and O–H groups in total. The highest BCUT2D eigenvalue weighted by Gasteiger charge is 2.06. The minimum atomic E-state index is 0.870. The summed E-state index contributed by atoms with van der Waals surface area (Å²) in [5.41, 5.74) is 0. The number of rotatable bonds is 1. The van der Waals surface area contributed by atoms with Gasteiger partial charge in [0.05, 0.1) is 16.3 Å². The molecule has 0 aliphatic rings. The number of benzene rings is 1. The van der Waals surface area contributed by atoms with Crippen LogP contribution in [0, 0.1) is 0 Å². The van der Waals surface area contributed by atoms with Crippen LogP contribution in [0.5, 0.6) is 5.75 Å². The zero-order chi connectivity index (χ0) is 8.55. The van der Waals surface area contributed by atoms with E-state index in [0.29, 0.717) is 0 Å². The van der Waals surface area contributed by atoms with E-state index in [9.17, 15) is 0 Å². The third-order valence-electron chi connectivity index (χ3n) is 1.63. The van der Waals surface area contributed by atoms with Crippen LogP contribution in [0.1, 0.15) is 0 Å². The van der Waals surface area contributed by atoms with Gasteiger partial charge < -0.3 is 4.74 Å². The van der Waals surface area contributed by atoms with Gasteiger partial charge in [-0.1, -0.05) is 6.07 Å². The summed E-state index contributed by atoms with van der Waals surface area (Å²) < 4.78 is 11.4. The highest BCUT2D eigenvalue weighted by atomic mass is 79.9. The fourth-order valence-electron chi connectivity index (χ4n) is 1.08. The number of hydrogen-bond donors (Lipinski definition) is 0. The summed E-state index contributed by atoms with van der Waals surface area (Å²) in [6.07, 6.45) is 1.84. The maximum absolute atomic E-state index is 5.24. The minimum absolute atomic E-state index is 0.870. The number of fused-ring (bicyclic) bond motifs is 1. The number of halogens is 1. The molecule has 4 heteroatoms. The lowest BCUT2D eigenvalue weighted by Gasteiger charge is -2.02. The van der Waals surface area contributed by atoms with Gasteiger partial charge in [0.1, 0.15) is 0 Å². The maximum atomic E-state index is 5.24. The third kappa shape index (κ3) is 1.11. The average Bonchev–Trinajstić information content (AvgIpc) is 2.52. The Labute approximate surface area is 82.5 Å². The summed E-state index contributed by atoms with van der Waals surface area (Å²) in [4.78, 5) is 0. The average molecular weight is 244 g/mol. The molecule has 0 unspecified atom stereocenters. The predicted molar refractivity (Wildman–Crippen MR) is 53.9 cm³/mol. The van der Waals surface area contributed by atoms with Gasteiger partial charge in [-0.05, 0) is 33.5 Å². The smallest absolute Gasteiger partial charge is 0.152 e. The van der Waals surface area contributed by atoms with Crippen LogP contribution in [0.2, 0.25) is 0 Å². The molecule has 0 aliphatic carbocycles. The zero-order valence-electron chi connectivity index (χ0n) is 6.37.